The zero-order valence-corrected chi connectivity index (χ0v) is 22.6. The lowest BCUT2D eigenvalue weighted by Crippen LogP contribution is -2.50. The van der Waals surface area contributed by atoms with Crippen molar-refractivity contribution < 1.29 is 32.7 Å². The monoisotopic (exact) mass is 580 g/mol. The summed E-state index contributed by atoms with van der Waals surface area (Å²) in [6.07, 6.45) is 3.73. The van der Waals surface area contributed by atoms with Crippen LogP contribution in [0.2, 0.25) is 0 Å². The number of anilines is 2. The highest BCUT2D eigenvalue weighted by Gasteiger charge is 2.29. The molecule has 3 N–H and O–H groups in total. The highest BCUT2D eigenvalue weighted by molar-refractivity contribution is 6.01. The molecule has 220 valence electrons. The molecule has 4 amide bonds. The van der Waals surface area contributed by atoms with Crippen LogP contribution in [0.4, 0.5) is 29.9 Å². The Kier molecular flexibility index (Phi) is 9.19. The summed E-state index contributed by atoms with van der Waals surface area (Å²) >= 11 is 0. The summed E-state index contributed by atoms with van der Waals surface area (Å²) in [5, 5.41) is 8.57. The number of hydrogen-bond donors (Lipinski definition) is 3. The Morgan fingerprint density at radius 3 is 2.33 bits per heavy atom. The van der Waals surface area contributed by atoms with Gasteiger partial charge in [0.15, 0.2) is 0 Å². The van der Waals surface area contributed by atoms with Crippen molar-refractivity contribution in [1.29, 1.82) is 0 Å². The van der Waals surface area contributed by atoms with Crippen LogP contribution in [0.5, 0.6) is 11.5 Å². The molecule has 5 rings (SSSR count). The van der Waals surface area contributed by atoms with E-state index in [1.807, 2.05) is 0 Å². The van der Waals surface area contributed by atoms with E-state index in [2.05, 4.69) is 25.8 Å². The van der Waals surface area contributed by atoms with Crippen LogP contribution in [0, 0.1) is 11.6 Å². The van der Waals surface area contributed by atoms with E-state index < -0.39 is 29.7 Å². The Balaban J connectivity index is 1.08. The van der Waals surface area contributed by atoms with E-state index in [0.717, 1.165) is 32.0 Å². The van der Waals surface area contributed by atoms with Crippen molar-refractivity contribution in [2.24, 2.45) is 0 Å². The van der Waals surface area contributed by atoms with E-state index in [1.54, 1.807) is 5.06 Å². The molecule has 13 heteroatoms. The lowest BCUT2D eigenvalue weighted by atomic mass is 10.0. The van der Waals surface area contributed by atoms with E-state index in [4.69, 9.17) is 9.57 Å². The zero-order chi connectivity index (χ0) is 29.5. The Morgan fingerprint density at radius 1 is 0.905 bits per heavy atom. The number of likely N-dealkylation sites (tertiary alicyclic amines) is 1. The first kappa shape index (κ1) is 28.9. The summed E-state index contributed by atoms with van der Waals surface area (Å²) in [7, 11) is 0. The molecule has 3 heterocycles. The first-order valence-corrected chi connectivity index (χ1v) is 13.6. The average molecular weight is 581 g/mol. The van der Waals surface area contributed by atoms with Crippen LogP contribution in [0.1, 0.15) is 24.8 Å². The number of nitrogens with zero attached hydrogens (tertiary/aromatic N) is 3. The van der Waals surface area contributed by atoms with Crippen LogP contribution in [-0.2, 0) is 16.1 Å². The van der Waals surface area contributed by atoms with Gasteiger partial charge in [-0.2, -0.15) is 0 Å². The number of carbonyl (C=O) groups excluding carboxylic acids is 3. The van der Waals surface area contributed by atoms with Gasteiger partial charge in [0.2, 0.25) is 5.91 Å². The molecule has 0 saturated carbocycles. The third kappa shape index (κ3) is 7.98. The third-order valence-electron chi connectivity index (χ3n) is 6.96. The number of hydrogen-bond acceptors (Lipinski definition) is 8. The molecular weight excluding hydrogens is 550 g/mol. The second-order valence-electron chi connectivity index (χ2n) is 9.98. The quantitative estimate of drug-likeness (QED) is 0.351. The van der Waals surface area contributed by atoms with Crippen LogP contribution in [0.3, 0.4) is 0 Å². The number of pyridine rings is 1. The third-order valence-corrected chi connectivity index (χ3v) is 6.96. The molecule has 2 aliphatic rings. The maximum absolute atomic E-state index is 14.7. The average Bonchev–Trinajstić information content (AvgIpc) is 2.92. The van der Waals surface area contributed by atoms with Crippen LogP contribution < -0.4 is 20.7 Å². The molecular formula is C29H30F2N6O5. The molecule has 2 aliphatic heterocycles. The zero-order valence-electron chi connectivity index (χ0n) is 22.6. The van der Waals surface area contributed by atoms with Gasteiger partial charge in [-0.1, -0.05) is 12.1 Å². The lowest BCUT2D eigenvalue weighted by molar-refractivity contribution is -0.120. The van der Waals surface area contributed by atoms with Gasteiger partial charge in [-0.25, -0.2) is 23.4 Å². The number of urea groups is 1. The van der Waals surface area contributed by atoms with Crippen molar-refractivity contribution in [3.05, 3.63) is 78.0 Å². The standard InChI is InChI=1S/C29H30F2N6O5/c30-20-4-2-19(3-5-20)16-27(38)35-28(39)33-25-7-6-22(17-24(25)31)41-23-8-11-32-26(18-23)34-29(40)42-37-14-9-21(10-15-37)36-12-1-13-36/h2-8,11,17-18,21H,1,9-10,12-16H2,(H,32,34,40)(H2,33,35,38,39). The fourth-order valence-electron chi connectivity index (χ4n) is 4.70. The number of amides is 4. The maximum atomic E-state index is 14.7. The normalized spacial score (nSPS) is 15.8. The van der Waals surface area contributed by atoms with Crippen molar-refractivity contribution in [2.45, 2.75) is 31.7 Å². The van der Waals surface area contributed by atoms with Crippen LogP contribution in [0.25, 0.3) is 0 Å². The molecule has 1 aromatic heterocycles. The van der Waals surface area contributed by atoms with Gasteiger partial charge in [0.1, 0.15) is 29.0 Å². The molecule has 2 aromatic carbocycles. The molecule has 3 aromatic rings. The topological polar surface area (TPSA) is 125 Å². The number of halogens is 2. The summed E-state index contributed by atoms with van der Waals surface area (Å²) in [5.74, 6) is -1.30. The highest BCUT2D eigenvalue weighted by Crippen LogP contribution is 2.27. The van der Waals surface area contributed by atoms with Gasteiger partial charge in [0.05, 0.1) is 12.1 Å². The van der Waals surface area contributed by atoms with Crippen molar-refractivity contribution in [3.8, 4) is 11.5 Å². The molecule has 0 aliphatic carbocycles. The number of nitrogens with one attached hydrogen (secondary N) is 3. The van der Waals surface area contributed by atoms with Gasteiger partial charge in [-0.3, -0.25) is 15.4 Å². The molecule has 0 spiro atoms. The summed E-state index contributed by atoms with van der Waals surface area (Å²) in [6, 6.07) is 11.6. The maximum Gasteiger partial charge on any atom is 0.431 e. The molecule has 2 saturated heterocycles. The van der Waals surface area contributed by atoms with Gasteiger partial charge < -0.3 is 19.8 Å². The molecule has 2 fully saturated rings. The minimum absolute atomic E-state index is 0.121. The van der Waals surface area contributed by atoms with E-state index in [-0.39, 0.29) is 29.4 Å². The van der Waals surface area contributed by atoms with Crippen molar-refractivity contribution in [3.63, 3.8) is 0 Å². The molecule has 0 unspecified atom stereocenters. The van der Waals surface area contributed by atoms with Gasteiger partial charge in [0, 0.05) is 37.5 Å². The molecule has 11 nitrogen and oxygen atoms in total. The predicted octanol–water partition coefficient (Wildman–Crippen LogP) is 4.68. The van der Waals surface area contributed by atoms with Gasteiger partial charge in [-0.05, 0) is 68.2 Å². The first-order valence-electron chi connectivity index (χ1n) is 13.6. The van der Waals surface area contributed by atoms with Crippen molar-refractivity contribution >= 4 is 29.5 Å². The number of hydroxylamine groups is 2. The number of benzene rings is 2. The SMILES string of the molecule is O=C(Cc1ccc(F)cc1)NC(=O)Nc1ccc(Oc2ccnc(NC(=O)ON3CCC(N4CCC4)CC3)c2)cc1F. The number of aromatic nitrogens is 1. The smallest absolute Gasteiger partial charge is 0.431 e. The number of ether oxygens (including phenoxy) is 1. The van der Waals surface area contributed by atoms with Gasteiger partial charge in [-0.15, -0.1) is 5.06 Å². The highest BCUT2D eigenvalue weighted by atomic mass is 19.1. The Labute approximate surface area is 240 Å². The van der Waals surface area contributed by atoms with Gasteiger partial charge in [0.25, 0.3) is 0 Å². The van der Waals surface area contributed by atoms with E-state index in [1.165, 1.54) is 61.1 Å². The predicted molar refractivity (Wildman–Crippen MR) is 149 cm³/mol. The second kappa shape index (κ2) is 13.4. The van der Waals surface area contributed by atoms with Crippen LogP contribution in [0.15, 0.2) is 60.8 Å². The minimum Gasteiger partial charge on any atom is -0.457 e. The summed E-state index contributed by atoms with van der Waals surface area (Å²) in [5.41, 5.74) is 0.335. The number of piperidine rings is 1. The minimum atomic E-state index is -0.924. The molecule has 0 bridgehead atoms. The van der Waals surface area contributed by atoms with E-state index in [9.17, 15) is 23.2 Å². The summed E-state index contributed by atoms with van der Waals surface area (Å²) < 4.78 is 33.4. The summed E-state index contributed by atoms with van der Waals surface area (Å²) in [4.78, 5) is 48.6. The van der Waals surface area contributed by atoms with E-state index >= 15 is 0 Å². The van der Waals surface area contributed by atoms with E-state index in [0.29, 0.717) is 24.7 Å². The summed E-state index contributed by atoms with van der Waals surface area (Å²) in [6.45, 7) is 3.61. The Bertz CT molecular complexity index is 1430. The molecule has 0 radical (unpaired) electrons. The Hall–Kier alpha value is -4.62. The Morgan fingerprint density at radius 2 is 1.64 bits per heavy atom. The number of carbonyl (C=O) groups is 3. The fraction of sp³-hybridized carbons (Fsp3) is 0.310. The van der Waals surface area contributed by atoms with Crippen LogP contribution >= 0.6 is 0 Å². The molecule has 42 heavy (non-hydrogen) atoms. The van der Waals surface area contributed by atoms with Crippen LogP contribution in [-0.4, -0.2) is 65.2 Å². The largest absolute Gasteiger partial charge is 0.457 e. The van der Waals surface area contributed by atoms with Crippen molar-refractivity contribution in [1.82, 2.24) is 20.3 Å². The number of imide groups is 1. The molecule has 0 atom stereocenters. The van der Waals surface area contributed by atoms with Crippen molar-refractivity contribution in [2.75, 3.05) is 36.8 Å². The lowest BCUT2D eigenvalue weighted by Gasteiger charge is -2.42. The van der Waals surface area contributed by atoms with Gasteiger partial charge >= 0.3 is 12.1 Å². The first-order chi connectivity index (χ1) is 20.3. The second-order valence-corrected chi connectivity index (χ2v) is 9.98. The fourth-order valence-corrected chi connectivity index (χ4v) is 4.70. The number of rotatable bonds is 8.